The minimum absolute atomic E-state index is 0.173. The Morgan fingerprint density at radius 3 is 2.69 bits per heavy atom. The van der Waals surface area contributed by atoms with Crippen molar-refractivity contribution in [1.29, 1.82) is 0 Å². The summed E-state index contributed by atoms with van der Waals surface area (Å²) < 4.78 is 14.1. The quantitative estimate of drug-likeness (QED) is 0.501. The van der Waals surface area contributed by atoms with Gasteiger partial charge in [0, 0.05) is 0 Å². The van der Waals surface area contributed by atoms with Crippen molar-refractivity contribution in [2.75, 3.05) is 6.61 Å². The molecule has 0 aliphatic heterocycles. The van der Waals surface area contributed by atoms with Gasteiger partial charge < -0.3 is 14.0 Å². The summed E-state index contributed by atoms with van der Waals surface area (Å²) in [7, 11) is 0. The monoisotopic (exact) mass is 391 g/mol. The fourth-order valence-corrected chi connectivity index (χ4v) is 3.48. The van der Waals surface area contributed by atoms with E-state index in [0.29, 0.717) is 22.5 Å². The number of fused-ring (bicyclic) bond motifs is 3. The fourth-order valence-electron chi connectivity index (χ4n) is 3.48. The van der Waals surface area contributed by atoms with Crippen LogP contribution in [0.1, 0.15) is 18.7 Å². The van der Waals surface area contributed by atoms with Gasteiger partial charge in [-0.3, -0.25) is 13.8 Å². The van der Waals surface area contributed by atoms with Gasteiger partial charge in [0.15, 0.2) is 5.76 Å². The van der Waals surface area contributed by atoms with Gasteiger partial charge in [-0.25, -0.2) is 4.98 Å². The molecule has 1 aromatic carbocycles. The molecule has 0 radical (unpaired) electrons. The van der Waals surface area contributed by atoms with Crippen molar-refractivity contribution >= 4 is 16.6 Å². The van der Waals surface area contributed by atoms with Gasteiger partial charge in [-0.05, 0) is 38.1 Å². The van der Waals surface area contributed by atoms with Crippen LogP contribution >= 0.6 is 0 Å². The van der Waals surface area contributed by atoms with Crippen molar-refractivity contribution in [2.24, 2.45) is 0 Å². The molecule has 146 valence electrons. The Bertz CT molecular complexity index is 1410. The van der Waals surface area contributed by atoms with Gasteiger partial charge in [-0.2, -0.15) is 4.98 Å². The maximum absolute atomic E-state index is 13.4. The van der Waals surface area contributed by atoms with Crippen molar-refractivity contribution in [3.8, 4) is 23.2 Å². The largest absolute Gasteiger partial charge is 0.456 e. The van der Waals surface area contributed by atoms with Crippen LogP contribution in [0.5, 0.6) is 0 Å². The number of imidazole rings is 1. The molecule has 4 heterocycles. The van der Waals surface area contributed by atoms with Gasteiger partial charge in [0.2, 0.25) is 5.82 Å². The lowest BCUT2D eigenvalue weighted by Crippen LogP contribution is -2.27. The Morgan fingerprint density at radius 2 is 1.97 bits per heavy atom. The summed E-state index contributed by atoms with van der Waals surface area (Å²) in [5.41, 5.74) is 1.81. The molecule has 5 aromatic rings. The lowest BCUT2D eigenvalue weighted by atomic mass is 10.2. The van der Waals surface area contributed by atoms with Crippen LogP contribution in [0.4, 0.5) is 0 Å². The fraction of sp³-hybridized carbons (Fsp3) is 0.200. The first-order valence-corrected chi connectivity index (χ1v) is 9.10. The van der Waals surface area contributed by atoms with E-state index >= 15 is 0 Å². The highest BCUT2D eigenvalue weighted by Gasteiger charge is 2.23. The van der Waals surface area contributed by atoms with Crippen molar-refractivity contribution in [2.45, 2.75) is 19.9 Å². The first-order valence-electron chi connectivity index (χ1n) is 9.10. The molecule has 0 spiro atoms. The SMILES string of the molecule is Cc1ccc(-c2nc(-c3ncn4c3c(=O)n(C(C)CO)c3ccccc34)no2)o1. The lowest BCUT2D eigenvalue weighted by Gasteiger charge is -2.17. The normalized spacial score (nSPS) is 12.8. The number of benzene rings is 1. The third-order valence-corrected chi connectivity index (χ3v) is 4.88. The van der Waals surface area contributed by atoms with Crippen LogP contribution in [-0.4, -0.2) is 35.8 Å². The number of aliphatic hydroxyl groups excluding tert-OH is 1. The summed E-state index contributed by atoms with van der Waals surface area (Å²) >= 11 is 0. The van der Waals surface area contributed by atoms with Crippen molar-refractivity contribution in [3.63, 3.8) is 0 Å². The van der Waals surface area contributed by atoms with E-state index in [2.05, 4.69) is 15.1 Å². The summed E-state index contributed by atoms with van der Waals surface area (Å²) in [4.78, 5) is 22.1. The molecule has 1 atom stereocenters. The van der Waals surface area contributed by atoms with Crippen LogP contribution in [0.3, 0.4) is 0 Å². The summed E-state index contributed by atoms with van der Waals surface area (Å²) in [5, 5.41) is 13.7. The lowest BCUT2D eigenvalue weighted by molar-refractivity contribution is 0.239. The summed E-state index contributed by atoms with van der Waals surface area (Å²) in [5.74, 6) is 1.56. The molecular formula is C20H17N5O4. The van der Waals surface area contributed by atoms with E-state index < -0.39 is 6.04 Å². The topological polar surface area (TPSA) is 112 Å². The summed E-state index contributed by atoms with van der Waals surface area (Å²) in [6.07, 6.45) is 1.56. The number of hydrogen-bond acceptors (Lipinski definition) is 7. The van der Waals surface area contributed by atoms with E-state index in [4.69, 9.17) is 8.94 Å². The average Bonchev–Trinajstić information content (AvgIpc) is 3.46. The molecule has 1 unspecified atom stereocenters. The van der Waals surface area contributed by atoms with E-state index in [1.165, 1.54) is 0 Å². The minimum Gasteiger partial charge on any atom is -0.456 e. The van der Waals surface area contributed by atoms with E-state index in [1.54, 1.807) is 34.4 Å². The van der Waals surface area contributed by atoms with E-state index in [1.807, 2.05) is 31.2 Å². The van der Waals surface area contributed by atoms with Gasteiger partial charge in [-0.1, -0.05) is 17.3 Å². The van der Waals surface area contributed by atoms with Gasteiger partial charge in [-0.15, -0.1) is 0 Å². The molecular weight excluding hydrogens is 374 g/mol. The Balaban J connectivity index is 1.78. The predicted octanol–water partition coefficient (Wildman–Crippen LogP) is 2.82. The van der Waals surface area contributed by atoms with E-state index in [-0.39, 0.29) is 23.9 Å². The van der Waals surface area contributed by atoms with Crippen LogP contribution in [0.25, 0.3) is 39.7 Å². The van der Waals surface area contributed by atoms with Gasteiger partial charge in [0.1, 0.15) is 23.3 Å². The number of rotatable bonds is 4. The number of hydrogen-bond donors (Lipinski definition) is 1. The molecule has 0 aliphatic carbocycles. The smallest absolute Gasteiger partial charge is 0.293 e. The third kappa shape index (κ3) is 2.59. The van der Waals surface area contributed by atoms with Crippen LogP contribution in [0.2, 0.25) is 0 Å². The number of aromatic nitrogens is 5. The van der Waals surface area contributed by atoms with Crippen molar-refractivity contribution in [1.82, 2.24) is 24.1 Å². The molecule has 4 aromatic heterocycles. The highest BCUT2D eigenvalue weighted by atomic mass is 16.5. The van der Waals surface area contributed by atoms with E-state index in [0.717, 1.165) is 11.3 Å². The molecule has 0 saturated heterocycles. The Morgan fingerprint density at radius 1 is 1.17 bits per heavy atom. The molecule has 0 fully saturated rings. The van der Waals surface area contributed by atoms with E-state index in [9.17, 15) is 9.90 Å². The van der Waals surface area contributed by atoms with Crippen molar-refractivity contribution in [3.05, 3.63) is 58.8 Å². The second-order valence-electron chi connectivity index (χ2n) is 6.84. The highest BCUT2D eigenvalue weighted by Crippen LogP contribution is 2.26. The van der Waals surface area contributed by atoms with Gasteiger partial charge in [0.05, 0.1) is 23.7 Å². The molecule has 0 amide bonds. The molecule has 1 N–H and O–H groups in total. The third-order valence-electron chi connectivity index (χ3n) is 4.88. The molecule has 0 saturated carbocycles. The zero-order chi connectivity index (χ0) is 20.1. The molecule has 9 heteroatoms. The summed E-state index contributed by atoms with van der Waals surface area (Å²) in [6, 6.07) is 10.6. The molecule has 0 aliphatic rings. The first kappa shape index (κ1) is 17.4. The zero-order valence-electron chi connectivity index (χ0n) is 15.7. The minimum atomic E-state index is -0.410. The standard InChI is InChI=1S/C20H17N5O4/c1-11(9-26)25-14-6-4-3-5-13(14)24-10-21-16(17(24)20(25)27)18-22-19(29-23-18)15-8-7-12(2)28-15/h3-8,10-11,26H,9H2,1-2H3. The second kappa shape index (κ2) is 6.42. The molecule has 9 nitrogen and oxygen atoms in total. The van der Waals surface area contributed by atoms with Gasteiger partial charge in [0.25, 0.3) is 11.4 Å². The van der Waals surface area contributed by atoms with Crippen LogP contribution < -0.4 is 5.56 Å². The second-order valence-corrected chi connectivity index (χ2v) is 6.84. The Labute approximate surface area is 163 Å². The number of aliphatic hydroxyl groups is 1. The van der Waals surface area contributed by atoms with Crippen LogP contribution in [0.15, 0.2) is 56.5 Å². The number of para-hydroxylation sites is 2. The van der Waals surface area contributed by atoms with Crippen LogP contribution in [-0.2, 0) is 0 Å². The molecule has 29 heavy (non-hydrogen) atoms. The number of furan rings is 1. The van der Waals surface area contributed by atoms with Crippen LogP contribution in [0, 0.1) is 6.92 Å². The Hall–Kier alpha value is -3.72. The van der Waals surface area contributed by atoms with Gasteiger partial charge >= 0.3 is 0 Å². The molecule has 5 rings (SSSR count). The number of aryl methyl sites for hydroxylation is 1. The Kier molecular flexibility index (Phi) is 3.85. The highest BCUT2D eigenvalue weighted by molar-refractivity contribution is 5.83. The maximum atomic E-state index is 13.4. The summed E-state index contributed by atoms with van der Waals surface area (Å²) in [6.45, 7) is 3.43. The first-order chi connectivity index (χ1) is 14.1. The predicted molar refractivity (Wildman–Crippen MR) is 104 cm³/mol. The average molecular weight is 391 g/mol. The number of nitrogens with zero attached hydrogens (tertiary/aromatic N) is 5. The van der Waals surface area contributed by atoms with Crippen molar-refractivity contribution < 1.29 is 14.0 Å². The maximum Gasteiger partial charge on any atom is 0.293 e. The molecule has 0 bridgehead atoms. The zero-order valence-corrected chi connectivity index (χ0v) is 15.7.